The summed E-state index contributed by atoms with van der Waals surface area (Å²) in [5, 5.41) is 11.4. The maximum atomic E-state index is 14.4. The van der Waals surface area contributed by atoms with E-state index in [1.54, 1.807) is 12.3 Å². The molecule has 0 aliphatic carbocycles. The number of sulfonamides is 1. The van der Waals surface area contributed by atoms with Crippen molar-refractivity contribution >= 4 is 20.9 Å². The van der Waals surface area contributed by atoms with Gasteiger partial charge >= 0.3 is 0 Å². The summed E-state index contributed by atoms with van der Waals surface area (Å²) in [6.07, 6.45) is 4.57. The van der Waals surface area contributed by atoms with E-state index >= 15 is 0 Å². The molecule has 0 unspecified atom stereocenters. The highest BCUT2D eigenvalue weighted by atomic mass is 32.2. The first-order valence-corrected chi connectivity index (χ1v) is 11.9. The minimum atomic E-state index is -3.06. The van der Waals surface area contributed by atoms with E-state index in [1.807, 2.05) is 0 Å². The third-order valence-corrected chi connectivity index (χ3v) is 7.32. The van der Waals surface area contributed by atoms with Crippen molar-refractivity contribution in [2.24, 2.45) is 5.92 Å². The number of hydrogen-bond acceptors (Lipinski definition) is 7. The number of halogens is 1. The lowest BCUT2D eigenvalue weighted by Gasteiger charge is -2.41. The van der Waals surface area contributed by atoms with Gasteiger partial charge in [0.2, 0.25) is 21.7 Å². The molecular formula is C19H23FN6O3S. The van der Waals surface area contributed by atoms with E-state index in [1.165, 1.54) is 16.6 Å². The van der Waals surface area contributed by atoms with Crippen LogP contribution in [0.25, 0.3) is 22.3 Å². The summed E-state index contributed by atoms with van der Waals surface area (Å²) in [4.78, 5) is 6.86. The smallest absolute Gasteiger partial charge is 0.230 e. The molecule has 1 aromatic carbocycles. The number of nitrogens with one attached hydrogen (secondary N) is 1. The van der Waals surface area contributed by atoms with Gasteiger partial charge < -0.3 is 9.42 Å². The number of benzene rings is 1. The molecule has 3 aromatic rings. The molecule has 9 nitrogen and oxygen atoms in total. The molecule has 2 fully saturated rings. The number of nitrogens with zero attached hydrogens (tertiary/aromatic N) is 5. The SMILES string of the molecule is CS(=O)(=O)N1CC(CN2CCC(c3nc(-c4c(F)ccc5[nH]ncc45)no3)CC2)C1. The monoisotopic (exact) mass is 434 g/mol. The Kier molecular flexibility index (Phi) is 4.83. The molecule has 2 aliphatic heterocycles. The predicted molar refractivity (Wildman–Crippen MR) is 108 cm³/mol. The number of piperidine rings is 1. The van der Waals surface area contributed by atoms with Gasteiger partial charge in [-0.05, 0) is 44.0 Å². The summed E-state index contributed by atoms with van der Waals surface area (Å²) in [7, 11) is -3.06. The quantitative estimate of drug-likeness (QED) is 0.652. The summed E-state index contributed by atoms with van der Waals surface area (Å²) in [5.41, 5.74) is 1.02. The lowest BCUT2D eigenvalue weighted by Crippen LogP contribution is -2.54. The highest BCUT2D eigenvalue weighted by molar-refractivity contribution is 7.88. The molecule has 0 bridgehead atoms. The summed E-state index contributed by atoms with van der Waals surface area (Å²) in [6, 6.07) is 3.00. The van der Waals surface area contributed by atoms with E-state index in [2.05, 4.69) is 25.2 Å². The molecule has 11 heteroatoms. The standard InChI is InChI=1S/C19H23FN6O3S/c1-30(27,28)26-10-12(11-26)9-25-6-4-13(5-7-25)19-22-18(24-29-19)17-14-8-21-23-16(14)3-2-15(17)20/h2-3,8,12-13H,4-7,9-11H2,1H3,(H,21,23). The number of likely N-dealkylation sites (tertiary alicyclic amines) is 1. The molecule has 1 N–H and O–H groups in total. The van der Waals surface area contributed by atoms with Crippen molar-refractivity contribution in [2.45, 2.75) is 18.8 Å². The molecule has 2 aliphatic rings. The molecule has 0 spiro atoms. The zero-order valence-corrected chi connectivity index (χ0v) is 17.4. The summed E-state index contributed by atoms with van der Waals surface area (Å²) < 4.78 is 44.4. The second kappa shape index (κ2) is 7.40. The van der Waals surface area contributed by atoms with Crippen LogP contribution in [-0.4, -0.2) is 76.9 Å². The molecule has 0 amide bonds. The molecule has 5 rings (SSSR count). The second-order valence-electron chi connectivity index (χ2n) is 8.23. The largest absolute Gasteiger partial charge is 0.339 e. The van der Waals surface area contributed by atoms with Gasteiger partial charge in [-0.2, -0.15) is 10.1 Å². The Labute approximate surface area is 173 Å². The molecule has 0 radical (unpaired) electrons. The molecule has 30 heavy (non-hydrogen) atoms. The van der Waals surface area contributed by atoms with Crippen molar-refractivity contribution in [1.82, 2.24) is 29.5 Å². The van der Waals surface area contributed by atoms with Crippen molar-refractivity contribution in [1.29, 1.82) is 0 Å². The molecular weight excluding hydrogens is 411 g/mol. The van der Waals surface area contributed by atoms with Crippen LogP contribution < -0.4 is 0 Å². The number of H-pyrrole nitrogens is 1. The first kappa shape index (κ1) is 19.6. The number of aromatic amines is 1. The zero-order chi connectivity index (χ0) is 20.9. The third kappa shape index (κ3) is 3.61. The highest BCUT2D eigenvalue weighted by Crippen LogP contribution is 2.32. The van der Waals surface area contributed by atoms with E-state index in [0.29, 0.717) is 35.8 Å². The van der Waals surface area contributed by atoms with Gasteiger partial charge in [0.15, 0.2) is 0 Å². The van der Waals surface area contributed by atoms with Crippen LogP contribution in [0.1, 0.15) is 24.7 Å². The summed E-state index contributed by atoms with van der Waals surface area (Å²) in [6.45, 7) is 3.90. The van der Waals surface area contributed by atoms with E-state index in [0.717, 1.165) is 38.0 Å². The van der Waals surface area contributed by atoms with Crippen LogP contribution in [0.4, 0.5) is 4.39 Å². The molecule has 2 aromatic heterocycles. The van der Waals surface area contributed by atoms with E-state index in [-0.39, 0.29) is 11.7 Å². The van der Waals surface area contributed by atoms with Crippen LogP contribution in [-0.2, 0) is 10.0 Å². The number of fused-ring (bicyclic) bond motifs is 1. The molecule has 2 saturated heterocycles. The van der Waals surface area contributed by atoms with Crippen LogP contribution >= 0.6 is 0 Å². The maximum absolute atomic E-state index is 14.4. The Balaban J connectivity index is 1.21. The lowest BCUT2D eigenvalue weighted by atomic mass is 9.94. The molecule has 0 saturated carbocycles. The maximum Gasteiger partial charge on any atom is 0.230 e. The lowest BCUT2D eigenvalue weighted by molar-refractivity contribution is 0.111. The van der Waals surface area contributed by atoms with Gasteiger partial charge in [-0.25, -0.2) is 17.1 Å². The predicted octanol–water partition coefficient (Wildman–Crippen LogP) is 1.82. The van der Waals surface area contributed by atoms with E-state index in [4.69, 9.17) is 4.52 Å². The average molecular weight is 434 g/mol. The third-order valence-electron chi connectivity index (χ3n) is 6.08. The van der Waals surface area contributed by atoms with Gasteiger partial charge in [0.1, 0.15) is 5.82 Å². The number of aromatic nitrogens is 4. The van der Waals surface area contributed by atoms with Gasteiger partial charge in [-0.15, -0.1) is 0 Å². The van der Waals surface area contributed by atoms with Crippen LogP contribution in [0.2, 0.25) is 0 Å². The van der Waals surface area contributed by atoms with Crippen molar-refractivity contribution in [3.05, 3.63) is 30.0 Å². The minimum absolute atomic E-state index is 0.142. The van der Waals surface area contributed by atoms with Gasteiger partial charge in [0.25, 0.3) is 0 Å². The Hall–Kier alpha value is -2.37. The van der Waals surface area contributed by atoms with E-state index in [9.17, 15) is 12.8 Å². The topological polar surface area (TPSA) is 108 Å². The molecule has 160 valence electrons. The average Bonchev–Trinajstić information content (AvgIpc) is 3.33. The highest BCUT2D eigenvalue weighted by Gasteiger charge is 2.35. The Morgan fingerprint density at radius 1 is 1.27 bits per heavy atom. The van der Waals surface area contributed by atoms with E-state index < -0.39 is 15.8 Å². The fraction of sp³-hybridized carbons (Fsp3) is 0.526. The Morgan fingerprint density at radius 2 is 2.03 bits per heavy atom. The first-order valence-electron chi connectivity index (χ1n) is 10.0. The van der Waals surface area contributed by atoms with Crippen molar-refractivity contribution in [3.8, 4) is 11.4 Å². The Bertz CT molecular complexity index is 1160. The normalized spacial score (nSPS) is 20.1. The van der Waals surface area contributed by atoms with Crippen LogP contribution in [0.15, 0.2) is 22.9 Å². The first-order chi connectivity index (χ1) is 14.4. The van der Waals surface area contributed by atoms with Gasteiger partial charge in [0, 0.05) is 30.9 Å². The van der Waals surface area contributed by atoms with Crippen molar-refractivity contribution < 1.29 is 17.3 Å². The summed E-state index contributed by atoms with van der Waals surface area (Å²) >= 11 is 0. The summed E-state index contributed by atoms with van der Waals surface area (Å²) in [5.74, 6) is 0.908. The molecule has 4 heterocycles. The van der Waals surface area contributed by atoms with Crippen LogP contribution in [0.5, 0.6) is 0 Å². The fourth-order valence-electron chi connectivity index (χ4n) is 4.36. The van der Waals surface area contributed by atoms with Crippen molar-refractivity contribution in [3.63, 3.8) is 0 Å². The fourth-order valence-corrected chi connectivity index (χ4v) is 5.32. The minimum Gasteiger partial charge on any atom is -0.339 e. The van der Waals surface area contributed by atoms with Crippen LogP contribution in [0.3, 0.4) is 0 Å². The Morgan fingerprint density at radius 3 is 2.77 bits per heavy atom. The van der Waals surface area contributed by atoms with Gasteiger partial charge in [0.05, 0.1) is 23.5 Å². The van der Waals surface area contributed by atoms with Gasteiger partial charge in [-0.3, -0.25) is 5.10 Å². The number of hydrogen-bond donors (Lipinski definition) is 1. The number of rotatable bonds is 5. The second-order valence-corrected chi connectivity index (χ2v) is 10.2. The van der Waals surface area contributed by atoms with Crippen LogP contribution in [0, 0.1) is 11.7 Å². The van der Waals surface area contributed by atoms with Gasteiger partial charge in [-0.1, -0.05) is 5.16 Å². The molecule has 0 atom stereocenters. The zero-order valence-electron chi connectivity index (χ0n) is 16.6. The van der Waals surface area contributed by atoms with Crippen molar-refractivity contribution in [2.75, 3.05) is 39.0 Å².